The number of phenols is 1. The van der Waals surface area contributed by atoms with Crippen LogP contribution in [-0.2, 0) is 4.79 Å². The highest BCUT2D eigenvalue weighted by Gasteiger charge is 2.07. The number of hydrogen-bond donors (Lipinski definition) is 3. The van der Waals surface area contributed by atoms with E-state index >= 15 is 0 Å². The Bertz CT molecular complexity index is 747. The SMILES string of the molecule is COc1cc(/C=N\NC(=O)CNC(=O)c2ccncc2)ccc1O. The third-order valence-electron chi connectivity index (χ3n) is 2.96. The number of phenolic OH excluding ortho intramolecular Hbond substituents is 1. The lowest BCUT2D eigenvalue weighted by Crippen LogP contribution is -2.34. The van der Waals surface area contributed by atoms with Crippen LogP contribution in [0, 0.1) is 0 Å². The Morgan fingerprint density at radius 2 is 2.04 bits per heavy atom. The molecular weight excluding hydrogens is 312 g/mol. The molecule has 124 valence electrons. The quantitative estimate of drug-likeness (QED) is 0.533. The molecule has 2 amide bonds. The molecule has 0 aliphatic rings. The molecule has 2 rings (SSSR count). The number of methoxy groups -OCH3 is 1. The number of hydrogen-bond acceptors (Lipinski definition) is 6. The minimum atomic E-state index is -0.473. The Balaban J connectivity index is 1.81. The van der Waals surface area contributed by atoms with Crippen molar-refractivity contribution in [3.8, 4) is 11.5 Å². The second kappa shape index (κ2) is 8.28. The van der Waals surface area contributed by atoms with Crippen molar-refractivity contribution in [2.45, 2.75) is 0 Å². The van der Waals surface area contributed by atoms with E-state index in [0.29, 0.717) is 16.9 Å². The molecule has 24 heavy (non-hydrogen) atoms. The molecule has 8 heteroatoms. The molecule has 0 saturated heterocycles. The van der Waals surface area contributed by atoms with Crippen LogP contribution in [0.5, 0.6) is 11.5 Å². The lowest BCUT2D eigenvalue weighted by Gasteiger charge is -2.04. The fourth-order valence-corrected chi connectivity index (χ4v) is 1.76. The highest BCUT2D eigenvalue weighted by atomic mass is 16.5. The number of pyridine rings is 1. The number of aromatic hydroxyl groups is 1. The van der Waals surface area contributed by atoms with Crippen LogP contribution in [0.2, 0.25) is 0 Å². The molecular formula is C16H16N4O4. The van der Waals surface area contributed by atoms with Crippen LogP contribution in [0.4, 0.5) is 0 Å². The Hall–Kier alpha value is -3.42. The fraction of sp³-hybridized carbons (Fsp3) is 0.125. The molecule has 0 fully saturated rings. The van der Waals surface area contributed by atoms with Crippen LogP contribution >= 0.6 is 0 Å². The molecule has 3 N–H and O–H groups in total. The normalized spacial score (nSPS) is 10.4. The first-order chi connectivity index (χ1) is 11.6. The summed E-state index contributed by atoms with van der Waals surface area (Å²) >= 11 is 0. The molecule has 0 spiro atoms. The zero-order chi connectivity index (χ0) is 17.4. The zero-order valence-electron chi connectivity index (χ0n) is 12.9. The van der Waals surface area contributed by atoms with Gasteiger partial charge in [-0.2, -0.15) is 5.10 Å². The first-order valence-electron chi connectivity index (χ1n) is 6.97. The number of benzene rings is 1. The fourth-order valence-electron chi connectivity index (χ4n) is 1.76. The Kier molecular flexibility index (Phi) is 5.84. The monoisotopic (exact) mass is 328 g/mol. The summed E-state index contributed by atoms with van der Waals surface area (Å²) in [6.45, 7) is -0.211. The highest BCUT2D eigenvalue weighted by molar-refractivity contribution is 5.96. The van der Waals surface area contributed by atoms with Crippen molar-refractivity contribution in [1.82, 2.24) is 15.7 Å². The number of carbonyl (C=O) groups is 2. The van der Waals surface area contributed by atoms with Crippen LogP contribution in [-0.4, -0.2) is 41.8 Å². The van der Waals surface area contributed by atoms with E-state index < -0.39 is 5.91 Å². The molecule has 0 radical (unpaired) electrons. The van der Waals surface area contributed by atoms with Crippen LogP contribution in [0.15, 0.2) is 47.8 Å². The Morgan fingerprint density at radius 1 is 1.29 bits per heavy atom. The van der Waals surface area contributed by atoms with E-state index in [-0.39, 0.29) is 18.2 Å². The number of aromatic nitrogens is 1. The minimum Gasteiger partial charge on any atom is -0.504 e. The van der Waals surface area contributed by atoms with Crippen molar-refractivity contribution in [2.75, 3.05) is 13.7 Å². The number of hydrazone groups is 1. The van der Waals surface area contributed by atoms with Gasteiger partial charge in [0.2, 0.25) is 0 Å². The molecule has 0 atom stereocenters. The van der Waals surface area contributed by atoms with Crippen LogP contribution in [0.25, 0.3) is 0 Å². The second-order valence-corrected chi connectivity index (χ2v) is 4.64. The maximum Gasteiger partial charge on any atom is 0.259 e. The molecule has 1 heterocycles. The zero-order valence-corrected chi connectivity index (χ0v) is 12.9. The number of rotatable bonds is 6. The van der Waals surface area contributed by atoms with Crippen molar-refractivity contribution < 1.29 is 19.4 Å². The Labute approximate surface area is 138 Å². The average molecular weight is 328 g/mol. The third-order valence-corrected chi connectivity index (χ3v) is 2.96. The summed E-state index contributed by atoms with van der Waals surface area (Å²) in [4.78, 5) is 27.2. The summed E-state index contributed by atoms with van der Waals surface area (Å²) < 4.78 is 4.97. The topological polar surface area (TPSA) is 113 Å². The van der Waals surface area contributed by atoms with Gasteiger partial charge in [0.05, 0.1) is 19.9 Å². The lowest BCUT2D eigenvalue weighted by molar-refractivity contribution is -0.120. The number of nitrogens with zero attached hydrogens (tertiary/aromatic N) is 2. The van der Waals surface area contributed by atoms with Gasteiger partial charge in [-0.1, -0.05) is 0 Å². The summed E-state index contributed by atoms with van der Waals surface area (Å²) in [6, 6.07) is 7.72. The van der Waals surface area contributed by atoms with E-state index in [9.17, 15) is 14.7 Å². The summed E-state index contributed by atoms with van der Waals surface area (Å²) in [7, 11) is 1.43. The molecule has 0 bridgehead atoms. The van der Waals surface area contributed by atoms with Crippen LogP contribution < -0.4 is 15.5 Å². The van der Waals surface area contributed by atoms with Crippen LogP contribution in [0.3, 0.4) is 0 Å². The van der Waals surface area contributed by atoms with E-state index in [1.54, 1.807) is 24.3 Å². The molecule has 0 aliphatic heterocycles. The minimum absolute atomic E-state index is 0.0116. The van der Waals surface area contributed by atoms with E-state index in [0.717, 1.165) is 0 Å². The van der Waals surface area contributed by atoms with Gasteiger partial charge in [-0.25, -0.2) is 5.43 Å². The third kappa shape index (κ3) is 4.80. The van der Waals surface area contributed by atoms with Crippen molar-refractivity contribution in [1.29, 1.82) is 0 Å². The van der Waals surface area contributed by atoms with Gasteiger partial charge in [-0.15, -0.1) is 0 Å². The van der Waals surface area contributed by atoms with Gasteiger partial charge in [0.1, 0.15) is 0 Å². The average Bonchev–Trinajstić information content (AvgIpc) is 2.61. The molecule has 0 saturated carbocycles. The van der Waals surface area contributed by atoms with Gasteiger partial charge in [0.15, 0.2) is 11.5 Å². The second-order valence-electron chi connectivity index (χ2n) is 4.64. The van der Waals surface area contributed by atoms with Crippen molar-refractivity contribution in [3.05, 3.63) is 53.9 Å². The molecule has 8 nitrogen and oxygen atoms in total. The number of ether oxygens (including phenoxy) is 1. The predicted molar refractivity (Wildman–Crippen MR) is 87.0 cm³/mol. The van der Waals surface area contributed by atoms with Crippen molar-refractivity contribution in [2.24, 2.45) is 5.10 Å². The predicted octanol–water partition coefficient (Wildman–Crippen LogP) is 0.676. The summed E-state index contributed by atoms with van der Waals surface area (Å²) in [6.07, 6.45) is 4.38. The first-order valence-corrected chi connectivity index (χ1v) is 6.97. The van der Waals surface area contributed by atoms with E-state index in [2.05, 4.69) is 20.8 Å². The maximum atomic E-state index is 11.8. The molecule has 2 aromatic rings. The number of nitrogens with one attached hydrogen (secondary N) is 2. The van der Waals surface area contributed by atoms with Gasteiger partial charge < -0.3 is 15.2 Å². The Morgan fingerprint density at radius 3 is 2.75 bits per heavy atom. The lowest BCUT2D eigenvalue weighted by atomic mass is 10.2. The molecule has 1 aromatic carbocycles. The van der Waals surface area contributed by atoms with Crippen LogP contribution in [0.1, 0.15) is 15.9 Å². The number of amides is 2. The van der Waals surface area contributed by atoms with Crippen molar-refractivity contribution >= 4 is 18.0 Å². The molecule has 0 unspecified atom stereocenters. The maximum absolute atomic E-state index is 11.8. The summed E-state index contributed by atoms with van der Waals surface area (Å²) in [5.41, 5.74) is 3.33. The summed E-state index contributed by atoms with van der Waals surface area (Å²) in [5, 5.41) is 15.7. The van der Waals surface area contributed by atoms with Gasteiger partial charge in [-0.3, -0.25) is 14.6 Å². The van der Waals surface area contributed by atoms with Gasteiger partial charge in [0, 0.05) is 18.0 Å². The van der Waals surface area contributed by atoms with E-state index in [4.69, 9.17) is 4.74 Å². The van der Waals surface area contributed by atoms with Crippen molar-refractivity contribution in [3.63, 3.8) is 0 Å². The van der Waals surface area contributed by atoms with Gasteiger partial charge in [0.25, 0.3) is 11.8 Å². The smallest absolute Gasteiger partial charge is 0.259 e. The van der Waals surface area contributed by atoms with Gasteiger partial charge in [-0.05, 0) is 35.9 Å². The molecule has 1 aromatic heterocycles. The standard InChI is InChI=1S/C16H16N4O4/c1-24-14-8-11(2-3-13(14)21)9-19-20-15(22)10-18-16(23)12-4-6-17-7-5-12/h2-9,21H,10H2,1H3,(H,18,23)(H,20,22)/b19-9-. The summed E-state index contributed by atoms with van der Waals surface area (Å²) in [5.74, 6) is -0.536. The van der Waals surface area contributed by atoms with E-state index in [1.807, 2.05) is 0 Å². The molecule has 0 aliphatic carbocycles. The number of carbonyl (C=O) groups excluding carboxylic acids is 2. The largest absolute Gasteiger partial charge is 0.504 e. The highest BCUT2D eigenvalue weighted by Crippen LogP contribution is 2.25. The van der Waals surface area contributed by atoms with Gasteiger partial charge >= 0.3 is 0 Å². The first kappa shape index (κ1) is 16.9. The van der Waals surface area contributed by atoms with E-state index in [1.165, 1.54) is 31.8 Å².